The number of hydrogen-bond donors (Lipinski definition) is 4. The monoisotopic (exact) mass is 329 g/mol. The van der Waals surface area contributed by atoms with Gasteiger partial charge < -0.3 is 25.9 Å². The third kappa shape index (κ3) is 4.58. The Morgan fingerprint density at radius 3 is 2.92 bits per heavy atom. The Hall–Kier alpha value is -2.84. The number of nitrogens with one attached hydrogen (secondary N) is 3. The van der Waals surface area contributed by atoms with E-state index in [9.17, 15) is 4.79 Å². The van der Waals surface area contributed by atoms with Crippen molar-refractivity contribution in [2.24, 2.45) is 0 Å². The van der Waals surface area contributed by atoms with Gasteiger partial charge in [-0.05, 0) is 25.1 Å². The van der Waals surface area contributed by atoms with E-state index in [2.05, 4.69) is 20.6 Å². The van der Waals surface area contributed by atoms with E-state index in [1.807, 2.05) is 13.0 Å². The second-order valence-corrected chi connectivity index (χ2v) is 4.91. The SMILES string of the molecule is Cc1cc(Nc2c(C=N)cc(NC=O)nc2COCCO)ccn1. The molecule has 0 aliphatic carbocycles. The summed E-state index contributed by atoms with van der Waals surface area (Å²) >= 11 is 0. The van der Waals surface area contributed by atoms with Crippen molar-refractivity contribution in [2.75, 3.05) is 23.8 Å². The van der Waals surface area contributed by atoms with E-state index in [1.165, 1.54) is 6.21 Å². The first-order chi connectivity index (χ1) is 11.7. The number of rotatable bonds is 9. The van der Waals surface area contributed by atoms with Gasteiger partial charge in [0.05, 0.1) is 31.2 Å². The summed E-state index contributed by atoms with van der Waals surface area (Å²) < 4.78 is 5.35. The first-order valence-electron chi connectivity index (χ1n) is 7.30. The lowest BCUT2D eigenvalue weighted by atomic mass is 10.1. The average Bonchev–Trinajstić information content (AvgIpc) is 2.57. The smallest absolute Gasteiger partial charge is 0.212 e. The van der Waals surface area contributed by atoms with E-state index < -0.39 is 0 Å². The molecule has 4 N–H and O–H groups in total. The third-order valence-electron chi connectivity index (χ3n) is 3.13. The van der Waals surface area contributed by atoms with E-state index in [-0.39, 0.29) is 19.8 Å². The van der Waals surface area contributed by atoms with Gasteiger partial charge in [0, 0.05) is 29.4 Å². The van der Waals surface area contributed by atoms with E-state index in [0.717, 1.165) is 11.4 Å². The molecule has 0 fully saturated rings. The number of pyridine rings is 2. The largest absolute Gasteiger partial charge is 0.394 e. The minimum atomic E-state index is -0.101. The summed E-state index contributed by atoms with van der Waals surface area (Å²) in [6, 6.07) is 5.26. The molecule has 8 nitrogen and oxygen atoms in total. The number of carbonyl (C=O) groups excluding carboxylic acids is 1. The molecule has 0 bridgehead atoms. The second kappa shape index (κ2) is 8.70. The second-order valence-electron chi connectivity index (χ2n) is 4.91. The zero-order chi connectivity index (χ0) is 17.4. The topological polar surface area (TPSA) is 120 Å². The minimum absolute atomic E-state index is 0.101. The number of aryl methyl sites for hydroxylation is 1. The number of anilines is 3. The number of ether oxygens (including phenoxy) is 1. The highest BCUT2D eigenvalue weighted by atomic mass is 16.5. The summed E-state index contributed by atoms with van der Waals surface area (Å²) in [6.07, 6.45) is 3.37. The van der Waals surface area contributed by atoms with Crippen LogP contribution in [0.3, 0.4) is 0 Å². The van der Waals surface area contributed by atoms with Crippen LogP contribution in [0.1, 0.15) is 17.0 Å². The van der Waals surface area contributed by atoms with Crippen molar-refractivity contribution in [3.63, 3.8) is 0 Å². The number of hydrogen-bond acceptors (Lipinski definition) is 7. The van der Waals surface area contributed by atoms with Crippen molar-refractivity contribution in [1.82, 2.24) is 9.97 Å². The summed E-state index contributed by atoms with van der Waals surface area (Å²) in [4.78, 5) is 19.1. The molecule has 0 saturated carbocycles. The molecule has 0 atom stereocenters. The highest BCUT2D eigenvalue weighted by Gasteiger charge is 2.13. The van der Waals surface area contributed by atoms with Crippen LogP contribution in [-0.2, 0) is 16.1 Å². The van der Waals surface area contributed by atoms with Crippen LogP contribution in [-0.4, -0.2) is 40.9 Å². The van der Waals surface area contributed by atoms with Crippen LogP contribution in [0.4, 0.5) is 17.2 Å². The maximum absolute atomic E-state index is 10.7. The van der Waals surface area contributed by atoms with Crippen molar-refractivity contribution in [3.8, 4) is 0 Å². The van der Waals surface area contributed by atoms with Gasteiger partial charge in [0.2, 0.25) is 6.41 Å². The summed E-state index contributed by atoms with van der Waals surface area (Å²) in [6.45, 7) is 2.07. The molecule has 24 heavy (non-hydrogen) atoms. The molecule has 0 radical (unpaired) electrons. The maximum Gasteiger partial charge on any atom is 0.212 e. The minimum Gasteiger partial charge on any atom is -0.394 e. The van der Waals surface area contributed by atoms with Crippen LogP contribution in [0, 0.1) is 12.3 Å². The molecule has 0 aromatic carbocycles. The number of amides is 1. The Balaban J connectivity index is 2.40. The summed E-state index contributed by atoms with van der Waals surface area (Å²) in [5.74, 6) is 0.322. The summed E-state index contributed by atoms with van der Waals surface area (Å²) in [5.41, 5.74) is 3.31. The molecule has 0 aliphatic rings. The van der Waals surface area contributed by atoms with E-state index in [4.69, 9.17) is 15.3 Å². The van der Waals surface area contributed by atoms with Gasteiger partial charge in [-0.25, -0.2) is 4.98 Å². The number of aliphatic hydroxyl groups is 1. The maximum atomic E-state index is 10.7. The highest BCUT2D eigenvalue weighted by molar-refractivity contribution is 5.90. The van der Waals surface area contributed by atoms with Gasteiger partial charge in [0.15, 0.2) is 0 Å². The van der Waals surface area contributed by atoms with Gasteiger partial charge in [-0.3, -0.25) is 9.78 Å². The molecule has 8 heteroatoms. The zero-order valence-corrected chi connectivity index (χ0v) is 13.2. The lowest BCUT2D eigenvalue weighted by Crippen LogP contribution is -2.09. The fourth-order valence-corrected chi connectivity index (χ4v) is 2.12. The van der Waals surface area contributed by atoms with Gasteiger partial charge in [-0.2, -0.15) is 0 Å². The lowest BCUT2D eigenvalue weighted by Gasteiger charge is -2.16. The number of nitrogens with zero attached hydrogens (tertiary/aromatic N) is 2. The third-order valence-corrected chi connectivity index (χ3v) is 3.13. The average molecular weight is 329 g/mol. The standard InChI is InChI=1S/C16H19N5O3/c1-11-6-13(2-3-18-11)20-16-12(8-17)7-15(19-10-23)21-14(16)9-24-5-4-22/h2-3,6-8,10,17,22H,4-5,9H2,1H3,(H,18,20)(H,19,21,23). The molecule has 1 amide bonds. The Morgan fingerprint density at radius 2 is 2.25 bits per heavy atom. The fraction of sp³-hybridized carbons (Fsp3) is 0.250. The van der Waals surface area contributed by atoms with Gasteiger partial charge in [0.25, 0.3) is 0 Å². The Labute approximate surface area is 139 Å². The van der Waals surface area contributed by atoms with Crippen LogP contribution in [0.15, 0.2) is 24.4 Å². The molecule has 2 aromatic heterocycles. The number of aromatic nitrogens is 2. The predicted molar refractivity (Wildman–Crippen MR) is 90.8 cm³/mol. The van der Waals surface area contributed by atoms with Gasteiger partial charge in [-0.1, -0.05) is 0 Å². The van der Waals surface area contributed by atoms with Crippen LogP contribution in [0.5, 0.6) is 0 Å². The lowest BCUT2D eigenvalue weighted by molar-refractivity contribution is -0.105. The van der Waals surface area contributed by atoms with Crippen molar-refractivity contribution in [3.05, 3.63) is 41.3 Å². The molecule has 0 aliphatic heterocycles. The Bertz CT molecular complexity index is 721. The first kappa shape index (κ1) is 17.5. The zero-order valence-electron chi connectivity index (χ0n) is 13.2. The predicted octanol–water partition coefficient (Wildman–Crippen LogP) is 1.60. The quantitative estimate of drug-likeness (QED) is 0.315. The van der Waals surface area contributed by atoms with Gasteiger partial charge in [-0.15, -0.1) is 0 Å². The Morgan fingerprint density at radius 1 is 1.42 bits per heavy atom. The molecule has 2 heterocycles. The summed E-state index contributed by atoms with van der Waals surface area (Å²) in [5, 5.41) is 22.2. The van der Waals surface area contributed by atoms with Crippen molar-refractivity contribution < 1.29 is 14.6 Å². The molecule has 0 spiro atoms. The number of carbonyl (C=O) groups is 1. The van der Waals surface area contributed by atoms with E-state index >= 15 is 0 Å². The number of aliphatic hydroxyl groups excluding tert-OH is 1. The van der Waals surface area contributed by atoms with Crippen LogP contribution in [0.25, 0.3) is 0 Å². The van der Waals surface area contributed by atoms with E-state index in [1.54, 1.807) is 18.3 Å². The first-order valence-corrected chi connectivity index (χ1v) is 7.30. The van der Waals surface area contributed by atoms with Gasteiger partial charge >= 0.3 is 0 Å². The van der Waals surface area contributed by atoms with Crippen LogP contribution in [0.2, 0.25) is 0 Å². The van der Waals surface area contributed by atoms with E-state index in [0.29, 0.717) is 29.2 Å². The molecule has 0 saturated heterocycles. The molecule has 2 rings (SSSR count). The molecule has 0 unspecified atom stereocenters. The van der Waals surface area contributed by atoms with Crippen LogP contribution < -0.4 is 10.6 Å². The summed E-state index contributed by atoms with van der Waals surface area (Å²) in [7, 11) is 0. The highest BCUT2D eigenvalue weighted by Crippen LogP contribution is 2.26. The van der Waals surface area contributed by atoms with Crippen molar-refractivity contribution in [1.29, 1.82) is 5.41 Å². The Kier molecular flexibility index (Phi) is 6.35. The van der Waals surface area contributed by atoms with Crippen molar-refractivity contribution >= 4 is 29.8 Å². The molecule has 2 aromatic rings. The van der Waals surface area contributed by atoms with Crippen molar-refractivity contribution in [2.45, 2.75) is 13.5 Å². The molecule has 126 valence electrons. The molecular formula is C16H19N5O3. The van der Waals surface area contributed by atoms with Crippen LogP contribution >= 0.6 is 0 Å². The molecular weight excluding hydrogens is 310 g/mol. The fourth-order valence-electron chi connectivity index (χ4n) is 2.12. The normalized spacial score (nSPS) is 10.2. The van der Waals surface area contributed by atoms with Gasteiger partial charge in [0.1, 0.15) is 5.82 Å².